The fourth-order valence-corrected chi connectivity index (χ4v) is 5.10. The minimum Gasteiger partial charge on any atom is -0.480 e. The number of nitrogens with two attached hydrogens (primary N) is 1. The number of carbonyl (C=O) groups excluding carboxylic acids is 2. The normalized spacial score (nSPS) is 13.5. The Labute approximate surface area is 299 Å². The molecule has 0 aliphatic heterocycles. The van der Waals surface area contributed by atoms with E-state index < -0.39 is 12.0 Å². The number of hydrogen-bond donors (Lipinski definition) is 3. The van der Waals surface area contributed by atoms with E-state index in [0.717, 1.165) is 83.5 Å². The zero-order chi connectivity index (χ0) is 36.0. The number of esters is 1. The molecule has 0 aliphatic carbocycles. The summed E-state index contributed by atoms with van der Waals surface area (Å²) in [5.74, 6) is -1.41. The lowest BCUT2D eigenvalue weighted by molar-refractivity contribution is -0.147. The molecule has 0 saturated carbocycles. The van der Waals surface area contributed by atoms with Crippen molar-refractivity contribution in [2.75, 3.05) is 6.54 Å². The molecule has 0 aliphatic rings. The molecule has 278 valence electrons. The topological polar surface area (TPSA) is 119 Å². The molecular formula is C42H70N2O5. The smallest absolute Gasteiger partial charge is 0.326 e. The van der Waals surface area contributed by atoms with Gasteiger partial charge >= 0.3 is 11.9 Å². The van der Waals surface area contributed by atoms with Crippen molar-refractivity contribution in [3.05, 3.63) is 72.9 Å². The van der Waals surface area contributed by atoms with Crippen LogP contribution in [0.25, 0.3) is 0 Å². The van der Waals surface area contributed by atoms with Crippen LogP contribution in [-0.2, 0) is 19.1 Å². The fraction of sp³-hybridized carbons (Fsp3) is 0.643. The average molecular weight is 683 g/mol. The van der Waals surface area contributed by atoms with Gasteiger partial charge in [0, 0.05) is 12.8 Å². The molecule has 7 nitrogen and oxygen atoms in total. The summed E-state index contributed by atoms with van der Waals surface area (Å²) >= 11 is 0. The second-order valence-electron chi connectivity index (χ2n) is 12.6. The lowest BCUT2D eigenvalue weighted by atomic mass is 10.1. The SMILES string of the molecule is CC/C=C\C/C=C\C/C=C\C/C=C\C/C=C\CCCC(=O)OC(/C=C\CCCCCCC)CCCCCCC(=O)NC(CCCN)C(=O)O. The molecule has 0 saturated heterocycles. The number of unbranched alkanes of at least 4 members (excludes halogenated alkanes) is 9. The molecule has 0 radical (unpaired) electrons. The van der Waals surface area contributed by atoms with E-state index in [1.54, 1.807) is 0 Å². The third-order valence-electron chi connectivity index (χ3n) is 7.99. The van der Waals surface area contributed by atoms with Crippen LogP contribution >= 0.6 is 0 Å². The summed E-state index contributed by atoms with van der Waals surface area (Å²) in [5, 5.41) is 11.9. The molecule has 2 unspecified atom stereocenters. The number of carboxylic acid groups (broad SMARTS) is 1. The molecule has 2 atom stereocenters. The second kappa shape index (κ2) is 36.1. The Kier molecular flexibility index (Phi) is 33.7. The lowest BCUT2D eigenvalue weighted by Crippen LogP contribution is -2.40. The van der Waals surface area contributed by atoms with E-state index in [1.807, 2.05) is 0 Å². The maximum absolute atomic E-state index is 12.6. The molecule has 7 heteroatoms. The third kappa shape index (κ3) is 33.1. The molecular weight excluding hydrogens is 612 g/mol. The van der Waals surface area contributed by atoms with Gasteiger partial charge in [-0.15, -0.1) is 0 Å². The summed E-state index contributed by atoms with van der Waals surface area (Å²) in [7, 11) is 0. The van der Waals surface area contributed by atoms with E-state index in [0.29, 0.717) is 38.6 Å². The van der Waals surface area contributed by atoms with Gasteiger partial charge in [0.05, 0.1) is 0 Å². The first-order valence-electron chi connectivity index (χ1n) is 19.3. The zero-order valence-corrected chi connectivity index (χ0v) is 31.0. The summed E-state index contributed by atoms with van der Waals surface area (Å²) < 4.78 is 5.86. The Hall–Kier alpha value is -3.19. The minimum absolute atomic E-state index is 0.149. The number of aliphatic carboxylic acids is 1. The highest BCUT2D eigenvalue weighted by Crippen LogP contribution is 2.14. The zero-order valence-electron chi connectivity index (χ0n) is 31.0. The van der Waals surface area contributed by atoms with Crippen LogP contribution in [-0.4, -0.2) is 41.6 Å². The van der Waals surface area contributed by atoms with Crippen molar-refractivity contribution >= 4 is 17.8 Å². The largest absolute Gasteiger partial charge is 0.480 e. The maximum Gasteiger partial charge on any atom is 0.326 e. The highest BCUT2D eigenvalue weighted by molar-refractivity contribution is 5.83. The molecule has 0 bridgehead atoms. The number of carbonyl (C=O) groups is 3. The van der Waals surface area contributed by atoms with E-state index in [-0.39, 0.29) is 18.0 Å². The van der Waals surface area contributed by atoms with E-state index in [9.17, 15) is 19.5 Å². The Morgan fingerprint density at radius 1 is 0.633 bits per heavy atom. The number of amides is 1. The summed E-state index contributed by atoms with van der Waals surface area (Å²) in [4.78, 5) is 36.2. The molecule has 0 heterocycles. The van der Waals surface area contributed by atoms with Crippen LogP contribution in [0, 0.1) is 0 Å². The second-order valence-corrected chi connectivity index (χ2v) is 12.6. The molecule has 0 fully saturated rings. The van der Waals surface area contributed by atoms with Crippen LogP contribution < -0.4 is 11.1 Å². The average Bonchev–Trinajstić information content (AvgIpc) is 3.08. The fourth-order valence-electron chi connectivity index (χ4n) is 5.10. The summed E-state index contributed by atoms with van der Waals surface area (Å²) in [6.45, 7) is 4.76. The molecule has 4 N–H and O–H groups in total. The third-order valence-corrected chi connectivity index (χ3v) is 7.99. The summed E-state index contributed by atoms with van der Waals surface area (Å²) in [5.41, 5.74) is 5.47. The van der Waals surface area contributed by atoms with Gasteiger partial charge in [0.2, 0.25) is 5.91 Å². The van der Waals surface area contributed by atoms with Crippen LogP contribution in [0.3, 0.4) is 0 Å². The molecule has 49 heavy (non-hydrogen) atoms. The van der Waals surface area contributed by atoms with Gasteiger partial charge in [-0.1, -0.05) is 119 Å². The first kappa shape index (κ1) is 45.8. The number of carboxylic acids is 1. The van der Waals surface area contributed by atoms with E-state index >= 15 is 0 Å². The first-order valence-corrected chi connectivity index (χ1v) is 19.3. The van der Waals surface area contributed by atoms with Crippen LogP contribution in [0.15, 0.2) is 72.9 Å². The molecule has 0 aromatic carbocycles. The predicted octanol–water partition coefficient (Wildman–Crippen LogP) is 10.4. The Morgan fingerprint density at radius 3 is 1.82 bits per heavy atom. The standard InChI is InChI=1S/C42H70N2O5/c1-3-5-7-9-11-12-13-14-15-16-17-18-19-20-22-24-30-36-41(46)49-38(32-27-23-21-10-8-6-4-2)33-28-25-26-29-35-40(45)44-39(42(47)48)34-31-37-43/h5,7,11-12,14-15,17-18,20,22,27,32,38-39H,3-4,6,8-10,13,16,19,21,23-26,28-31,33-37,43H2,1-2H3,(H,44,45)(H,47,48)/b7-5-,12-11-,15-14-,18-17-,22-20-,32-27-. The summed E-state index contributed by atoms with van der Waals surface area (Å²) in [6, 6.07) is -0.878. The molecule has 1 amide bonds. The van der Waals surface area contributed by atoms with Gasteiger partial charge in [-0.05, 0) is 103 Å². The van der Waals surface area contributed by atoms with Gasteiger partial charge in [-0.25, -0.2) is 4.79 Å². The van der Waals surface area contributed by atoms with Gasteiger partial charge < -0.3 is 20.9 Å². The molecule has 0 aromatic heterocycles. The van der Waals surface area contributed by atoms with Gasteiger partial charge in [0.1, 0.15) is 12.1 Å². The van der Waals surface area contributed by atoms with Crippen molar-refractivity contribution < 1.29 is 24.2 Å². The van der Waals surface area contributed by atoms with Crippen LogP contribution in [0.4, 0.5) is 0 Å². The number of rotatable bonds is 33. The Morgan fingerprint density at radius 2 is 1.20 bits per heavy atom. The summed E-state index contributed by atoms with van der Waals surface area (Å²) in [6.07, 6.45) is 45.3. The predicted molar refractivity (Wildman–Crippen MR) is 206 cm³/mol. The van der Waals surface area contributed by atoms with E-state index in [1.165, 1.54) is 25.7 Å². The van der Waals surface area contributed by atoms with E-state index in [4.69, 9.17) is 10.5 Å². The highest BCUT2D eigenvalue weighted by atomic mass is 16.5. The van der Waals surface area contributed by atoms with Gasteiger partial charge in [0.15, 0.2) is 0 Å². The van der Waals surface area contributed by atoms with Crippen LogP contribution in [0.2, 0.25) is 0 Å². The minimum atomic E-state index is -1.02. The van der Waals surface area contributed by atoms with Crippen molar-refractivity contribution in [3.8, 4) is 0 Å². The number of hydrogen-bond acceptors (Lipinski definition) is 5. The first-order chi connectivity index (χ1) is 23.9. The highest BCUT2D eigenvalue weighted by Gasteiger charge is 2.18. The van der Waals surface area contributed by atoms with Crippen LogP contribution in [0.1, 0.15) is 155 Å². The molecule has 0 spiro atoms. The molecule has 0 rings (SSSR count). The van der Waals surface area contributed by atoms with Crippen molar-refractivity contribution in [1.29, 1.82) is 0 Å². The number of nitrogens with one attached hydrogen (secondary N) is 1. The quantitative estimate of drug-likeness (QED) is 0.0360. The van der Waals surface area contributed by atoms with E-state index in [2.05, 4.69) is 92.1 Å². The lowest BCUT2D eigenvalue weighted by Gasteiger charge is -2.15. The van der Waals surface area contributed by atoms with Gasteiger partial charge in [0.25, 0.3) is 0 Å². The van der Waals surface area contributed by atoms with Crippen molar-refractivity contribution in [2.45, 2.75) is 167 Å². The Balaban J connectivity index is 4.40. The maximum atomic E-state index is 12.6. The Bertz CT molecular complexity index is 995. The van der Waals surface area contributed by atoms with Gasteiger partial charge in [-0.2, -0.15) is 0 Å². The van der Waals surface area contributed by atoms with Crippen molar-refractivity contribution in [1.82, 2.24) is 5.32 Å². The van der Waals surface area contributed by atoms with Crippen molar-refractivity contribution in [2.24, 2.45) is 5.73 Å². The van der Waals surface area contributed by atoms with Crippen molar-refractivity contribution in [3.63, 3.8) is 0 Å². The number of ether oxygens (including phenoxy) is 1. The number of allylic oxidation sites excluding steroid dienone is 11. The van der Waals surface area contributed by atoms with Gasteiger partial charge in [-0.3, -0.25) is 9.59 Å². The molecule has 0 aromatic rings. The monoisotopic (exact) mass is 683 g/mol. The van der Waals surface area contributed by atoms with Crippen LogP contribution in [0.5, 0.6) is 0 Å².